The molecule has 9 heteroatoms. The molecule has 3 rings (SSSR count). The van der Waals surface area contributed by atoms with Gasteiger partial charge in [-0.1, -0.05) is 76.7 Å². The number of hydrogen-bond acceptors (Lipinski definition) is 7. The third kappa shape index (κ3) is 6.59. The summed E-state index contributed by atoms with van der Waals surface area (Å²) >= 11 is 4.55. The topological polar surface area (TPSA) is 91.6 Å². The van der Waals surface area contributed by atoms with E-state index < -0.39 is 0 Å². The van der Waals surface area contributed by atoms with Crippen molar-refractivity contribution in [3.8, 4) is 5.75 Å². The molecule has 0 atom stereocenters. The van der Waals surface area contributed by atoms with Crippen LogP contribution in [0.1, 0.15) is 23.6 Å². The Hall–Kier alpha value is -2.36. The summed E-state index contributed by atoms with van der Waals surface area (Å²) in [5.41, 5.74) is 5.94. The zero-order chi connectivity index (χ0) is 20.6. The summed E-state index contributed by atoms with van der Waals surface area (Å²) in [7, 11) is 0. The Bertz CT molecular complexity index is 1000. The van der Waals surface area contributed by atoms with E-state index in [2.05, 4.69) is 51.9 Å². The molecule has 1 aromatic heterocycles. The van der Waals surface area contributed by atoms with Crippen LogP contribution >= 0.6 is 34.9 Å². The van der Waals surface area contributed by atoms with E-state index in [1.807, 2.05) is 0 Å². The molecule has 1 amide bonds. The molecule has 2 aromatic carbocycles. The summed E-state index contributed by atoms with van der Waals surface area (Å²) in [6, 6.07) is 15.0. The first-order valence-corrected chi connectivity index (χ1v) is 11.6. The van der Waals surface area contributed by atoms with Crippen molar-refractivity contribution in [2.75, 3.05) is 5.75 Å². The number of H-pyrrole nitrogens is 1. The van der Waals surface area contributed by atoms with E-state index in [0.717, 1.165) is 14.4 Å². The van der Waals surface area contributed by atoms with E-state index in [4.69, 9.17) is 0 Å². The van der Waals surface area contributed by atoms with E-state index in [1.165, 1.54) is 40.3 Å². The van der Waals surface area contributed by atoms with Gasteiger partial charge in [0, 0.05) is 10.9 Å². The van der Waals surface area contributed by atoms with Crippen LogP contribution in [0.4, 0.5) is 0 Å². The molecule has 0 radical (unpaired) electrons. The number of amides is 1. The van der Waals surface area contributed by atoms with Crippen LogP contribution in [0.15, 0.2) is 62.3 Å². The lowest BCUT2D eigenvalue weighted by molar-refractivity contribution is -0.492. The van der Waals surface area contributed by atoms with Crippen molar-refractivity contribution in [3.63, 3.8) is 0 Å². The fourth-order valence-electron chi connectivity index (χ4n) is 2.30. The first-order chi connectivity index (χ1) is 14.0. The van der Waals surface area contributed by atoms with Gasteiger partial charge in [0.15, 0.2) is 0 Å². The van der Waals surface area contributed by atoms with Gasteiger partial charge in [0.2, 0.25) is 4.34 Å². The monoisotopic (exact) mass is 444 g/mol. The normalized spacial score (nSPS) is 11.4. The van der Waals surface area contributed by atoms with Crippen molar-refractivity contribution in [1.82, 2.24) is 10.5 Å². The molecule has 6 nitrogen and oxygen atoms in total. The van der Waals surface area contributed by atoms with Gasteiger partial charge in [-0.3, -0.25) is 4.79 Å². The second-order valence-electron chi connectivity index (χ2n) is 6.17. The van der Waals surface area contributed by atoms with Crippen LogP contribution in [0.3, 0.4) is 0 Å². The largest absolute Gasteiger partial charge is 0.872 e. The van der Waals surface area contributed by atoms with E-state index in [9.17, 15) is 9.90 Å². The van der Waals surface area contributed by atoms with Crippen molar-refractivity contribution < 1.29 is 15.0 Å². The quantitative estimate of drug-likeness (QED) is 0.327. The van der Waals surface area contributed by atoms with Crippen molar-refractivity contribution >= 4 is 46.5 Å². The number of carbonyl (C=O) groups excluding carboxylic acids is 1. The van der Waals surface area contributed by atoms with Crippen molar-refractivity contribution in [3.05, 3.63) is 65.2 Å². The number of aromatic nitrogens is 2. The minimum atomic E-state index is -0.248. The highest BCUT2D eigenvalue weighted by atomic mass is 32.2. The third-order valence-electron chi connectivity index (χ3n) is 3.86. The zero-order valence-electron chi connectivity index (χ0n) is 16.0. The number of aryl methyl sites for hydroxylation is 1. The molecule has 150 valence electrons. The highest BCUT2D eigenvalue weighted by molar-refractivity contribution is 8.03. The first-order valence-electron chi connectivity index (χ1n) is 8.80. The molecular formula is C20H20N4O2S3. The average molecular weight is 445 g/mol. The maximum absolute atomic E-state index is 12.0. The van der Waals surface area contributed by atoms with E-state index in [1.54, 1.807) is 36.9 Å². The minimum absolute atomic E-state index is 0.119. The van der Waals surface area contributed by atoms with Gasteiger partial charge in [-0.05, 0) is 48.1 Å². The summed E-state index contributed by atoms with van der Waals surface area (Å²) in [6.07, 6.45) is 0. The van der Waals surface area contributed by atoms with Crippen LogP contribution in [0.2, 0.25) is 0 Å². The lowest BCUT2D eigenvalue weighted by Gasteiger charge is -2.12. The standard InChI is InChI=1S/C20H20N4O2S3/c1-13-7-9-15(10-8-13)11-27-19-23-24-20(29-19)28-12-18(26)22-21-14(2)16-5-3-4-6-17(16)25/h3-10,25H,11-12H2,1-2H3,(H,22,26). The number of nitrogens with one attached hydrogen (secondary N) is 2. The zero-order valence-corrected chi connectivity index (χ0v) is 18.4. The van der Waals surface area contributed by atoms with Gasteiger partial charge in [-0.25, -0.2) is 5.43 Å². The maximum atomic E-state index is 12.0. The Morgan fingerprint density at radius 2 is 1.97 bits per heavy atom. The van der Waals surface area contributed by atoms with Crippen LogP contribution in [0, 0.1) is 6.92 Å². The van der Waals surface area contributed by atoms with Gasteiger partial charge in [0.1, 0.15) is 0 Å². The fourth-order valence-corrected chi connectivity index (χ4v) is 5.15. The third-order valence-corrected chi connectivity index (χ3v) is 7.19. The average Bonchev–Trinajstić information content (AvgIpc) is 3.18. The summed E-state index contributed by atoms with van der Waals surface area (Å²) in [5, 5.41) is 23.0. The van der Waals surface area contributed by atoms with Crippen molar-refractivity contribution in [2.24, 2.45) is 5.10 Å². The molecule has 0 spiro atoms. The summed E-state index contributed by atoms with van der Waals surface area (Å²) < 4.78 is 1.78. The number of benzene rings is 2. The predicted octanol–water partition coefficient (Wildman–Crippen LogP) is 3.26. The summed E-state index contributed by atoms with van der Waals surface area (Å²) in [6.45, 7) is 3.76. The van der Waals surface area contributed by atoms with E-state index in [0.29, 0.717) is 11.3 Å². The van der Waals surface area contributed by atoms with Crippen LogP contribution in [-0.2, 0) is 10.5 Å². The van der Waals surface area contributed by atoms with Gasteiger partial charge in [0.05, 0.1) is 11.5 Å². The predicted molar refractivity (Wildman–Crippen MR) is 116 cm³/mol. The number of para-hydroxylation sites is 1. The highest BCUT2D eigenvalue weighted by Gasteiger charge is 2.14. The fraction of sp³-hybridized carbons (Fsp3) is 0.200. The molecule has 0 saturated heterocycles. The van der Waals surface area contributed by atoms with Gasteiger partial charge in [-0.2, -0.15) is 5.10 Å². The SMILES string of the molecule is CC(=NNC(=O)CSc1n[nH+]c(SCc2ccc(C)cc2)s1)c1ccccc1[O-]. The van der Waals surface area contributed by atoms with E-state index >= 15 is 0 Å². The Labute approximate surface area is 181 Å². The van der Waals surface area contributed by atoms with Crippen molar-refractivity contribution in [1.29, 1.82) is 0 Å². The summed E-state index contributed by atoms with van der Waals surface area (Å²) in [4.78, 5) is 12.0. The summed E-state index contributed by atoms with van der Waals surface area (Å²) in [5.74, 6) is 0.686. The maximum Gasteiger partial charge on any atom is 0.323 e. The van der Waals surface area contributed by atoms with E-state index in [-0.39, 0.29) is 17.4 Å². The number of hydrazone groups is 1. The second kappa shape index (κ2) is 10.4. The minimum Gasteiger partial charge on any atom is -0.872 e. The molecule has 0 aliphatic carbocycles. The number of carbonyl (C=O) groups is 1. The van der Waals surface area contributed by atoms with Crippen LogP contribution < -0.4 is 15.6 Å². The van der Waals surface area contributed by atoms with Crippen LogP contribution in [-0.4, -0.2) is 22.5 Å². The van der Waals surface area contributed by atoms with Gasteiger partial charge < -0.3 is 5.11 Å². The number of nitrogens with zero attached hydrogens (tertiary/aromatic N) is 2. The number of aromatic amines is 1. The first kappa shape index (κ1) is 21.4. The highest BCUT2D eigenvalue weighted by Crippen LogP contribution is 2.28. The van der Waals surface area contributed by atoms with Gasteiger partial charge >= 0.3 is 4.34 Å². The second-order valence-corrected chi connectivity index (χ2v) is 9.64. The molecule has 3 aromatic rings. The Morgan fingerprint density at radius 3 is 2.72 bits per heavy atom. The molecule has 1 heterocycles. The molecule has 29 heavy (non-hydrogen) atoms. The Balaban J connectivity index is 1.45. The molecule has 0 aliphatic rings. The number of thioether (sulfide) groups is 2. The molecule has 0 fully saturated rings. The smallest absolute Gasteiger partial charge is 0.323 e. The molecule has 0 saturated carbocycles. The van der Waals surface area contributed by atoms with Crippen LogP contribution in [0.25, 0.3) is 0 Å². The lowest BCUT2D eigenvalue weighted by atomic mass is 10.1. The number of hydrogen-bond donors (Lipinski definition) is 1. The Morgan fingerprint density at radius 1 is 1.21 bits per heavy atom. The molecule has 0 aliphatic heterocycles. The molecule has 2 N–H and O–H groups in total. The van der Waals surface area contributed by atoms with Gasteiger partial charge in [-0.15, -0.1) is 0 Å². The van der Waals surface area contributed by atoms with Gasteiger partial charge in [0.25, 0.3) is 5.91 Å². The molecule has 0 unspecified atom stereocenters. The number of rotatable bonds is 8. The van der Waals surface area contributed by atoms with Crippen molar-refractivity contribution in [2.45, 2.75) is 28.3 Å². The van der Waals surface area contributed by atoms with Crippen LogP contribution in [0.5, 0.6) is 5.75 Å². The Kier molecular flexibility index (Phi) is 7.68. The molecular weight excluding hydrogens is 424 g/mol. The lowest BCUT2D eigenvalue weighted by Crippen LogP contribution is -2.21. The molecule has 0 bridgehead atoms.